The highest BCUT2D eigenvalue weighted by Crippen LogP contribution is 2.30. The fourth-order valence-electron chi connectivity index (χ4n) is 2.64. The average Bonchev–Trinajstić information content (AvgIpc) is 3.00. The molecule has 2 aromatic carbocycles. The highest BCUT2D eigenvalue weighted by Gasteiger charge is 2.06. The number of fused-ring (bicyclic) bond motifs is 1. The smallest absolute Gasteiger partial charge is 0.159 e. The molecule has 0 aliphatic heterocycles. The number of benzene rings is 2. The van der Waals surface area contributed by atoms with Crippen molar-refractivity contribution in [1.29, 1.82) is 0 Å². The summed E-state index contributed by atoms with van der Waals surface area (Å²) < 4.78 is 6.57. The van der Waals surface area contributed by atoms with Gasteiger partial charge < -0.3 is 9.84 Å². The number of aromatic hydroxyl groups is 1. The van der Waals surface area contributed by atoms with Gasteiger partial charge in [-0.05, 0) is 49.8 Å². The Balaban J connectivity index is 1.64. The summed E-state index contributed by atoms with van der Waals surface area (Å²) in [7, 11) is 0. The average molecular weight is 377 g/mol. The summed E-state index contributed by atoms with van der Waals surface area (Å²) >= 11 is 1.52. The number of thiazole rings is 1. The van der Waals surface area contributed by atoms with Gasteiger partial charge in [0.05, 0.1) is 9.71 Å². The Labute approximate surface area is 162 Å². The van der Waals surface area contributed by atoms with Crippen LogP contribution in [0.15, 0.2) is 48.6 Å². The standard InChI is InChI=1S/C22H19NO3S/c1-3-6-18(24)11-16-7-4-9-19(12-16)26-10-5-8-17-13-20(25)22-21(14-17)27-15(2)23-22/h3-4,6-7,9,12-14,25H,10-11H2,1-2H3/b6-3+. The number of phenolic OH excluding ortho intramolecular Hbond substituents is 1. The zero-order valence-electron chi connectivity index (χ0n) is 15.2. The summed E-state index contributed by atoms with van der Waals surface area (Å²) in [5.41, 5.74) is 2.24. The van der Waals surface area contributed by atoms with E-state index in [0.717, 1.165) is 20.8 Å². The quantitative estimate of drug-likeness (QED) is 0.528. The zero-order chi connectivity index (χ0) is 19.2. The predicted octanol–water partition coefficient (Wildman–Crippen LogP) is 4.43. The third-order valence-electron chi connectivity index (χ3n) is 3.75. The van der Waals surface area contributed by atoms with Gasteiger partial charge in [0, 0.05) is 12.0 Å². The van der Waals surface area contributed by atoms with E-state index in [1.165, 1.54) is 11.3 Å². The summed E-state index contributed by atoms with van der Waals surface area (Å²) in [6.45, 7) is 3.94. The van der Waals surface area contributed by atoms with Crippen molar-refractivity contribution in [3.63, 3.8) is 0 Å². The number of aromatic nitrogens is 1. The van der Waals surface area contributed by atoms with Crippen molar-refractivity contribution in [1.82, 2.24) is 4.98 Å². The number of hydrogen-bond donors (Lipinski definition) is 1. The van der Waals surface area contributed by atoms with E-state index in [-0.39, 0.29) is 18.1 Å². The van der Waals surface area contributed by atoms with E-state index in [2.05, 4.69) is 16.8 Å². The Morgan fingerprint density at radius 1 is 1.33 bits per heavy atom. The topological polar surface area (TPSA) is 59.4 Å². The Hall–Kier alpha value is -3.10. The van der Waals surface area contributed by atoms with Gasteiger partial charge in [0.25, 0.3) is 0 Å². The lowest BCUT2D eigenvalue weighted by Crippen LogP contribution is -1.99. The van der Waals surface area contributed by atoms with Gasteiger partial charge in [0.2, 0.25) is 0 Å². The molecular weight excluding hydrogens is 358 g/mol. The van der Waals surface area contributed by atoms with E-state index in [1.807, 2.05) is 44.2 Å². The van der Waals surface area contributed by atoms with E-state index in [9.17, 15) is 9.90 Å². The lowest BCUT2D eigenvalue weighted by molar-refractivity contribution is -0.114. The molecule has 0 radical (unpaired) electrons. The third kappa shape index (κ3) is 4.96. The third-order valence-corrected chi connectivity index (χ3v) is 4.67. The van der Waals surface area contributed by atoms with Crippen molar-refractivity contribution in [3.8, 4) is 23.3 Å². The molecule has 0 bridgehead atoms. The number of aryl methyl sites for hydroxylation is 1. The summed E-state index contributed by atoms with van der Waals surface area (Å²) in [6.07, 6.45) is 3.65. The van der Waals surface area contributed by atoms with Crippen LogP contribution >= 0.6 is 11.3 Å². The fourth-order valence-corrected chi connectivity index (χ4v) is 3.53. The van der Waals surface area contributed by atoms with Gasteiger partial charge in [-0.3, -0.25) is 4.79 Å². The number of ether oxygens (including phenoxy) is 1. The first-order valence-electron chi connectivity index (χ1n) is 8.51. The number of phenols is 1. The molecule has 0 aliphatic carbocycles. The van der Waals surface area contributed by atoms with Crippen molar-refractivity contribution in [3.05, 3.63) is 64.7 Å². The van der Waals surface area contributed by atoms with Crippen LogP contribution in [0.1, 0.15) is 23.1 Å². The van der Waals surface area contributed by atoms with Gasteiger partial charge in [-0.1, -0.05) is 30.0 Å². The Kier molecular flexibility index (Phi) is 5.90. The zero-order valence-corrected chi connectivity index (χ0v) is 16.0. The van der Waals surface area contributed by atoms with Gasteiger partial charge in [-0.15, -0.1) is 11.3 Å². The van der Waals surface area contributed by atoms with Gasteiger partial charge in [0.15, 0.2) is 5.78 Å². The van der Waals surface area contributed by atoms with Crippen LogP contribution in [0.25, 0.3) is 10.2 Å². The van der Waals surface area contributed by atoms with Crippen LogP contribution in [-0.4, -0.2) is 22.5 Å². The van der Waals surface area contributed by atoms with E-state index in [4.69, 9.17) is 4.74 Å². The predicted molar refractivity (Wildman–Crippen MR) is 108 cm³/mol. The highest BCUT2D eigenvalue weighted by atomic mass is 32.1. The summed E-state index contributed by atoms with van der Waals surface area (Å²) in [5, 5.41) is 11.0. The first-order valence-corrected chi connectivity index (χ1v) is 9.33. The van der Waals surface area contributed by atoms with E-state index >= 15 is 0 Å². The first-order chi connectivity index (χ1) is 13.0. The van der Waals surface area contributed by atoms with Crippen LogP contribution in [0, 0.1) is 18.8 Å². The second kappa shape index (κ2) is 8.52. The number of allylic oxidation sites excluding steroid dienone is 2. The van der Waals surface area contributed by atoms with E-state index in [0.29, 0.717) is 17.7 Å². The maximum atomic E-state index is 11.7. The molecule has 27 heavy (non-hydrogen) atoms. The second-order valence-electron chi connectivity index (χ2n) is 5.96. The molecule has 3 rings (SSSR count). The Morgan fingerprint density at radius 3 is 3.00 bits per heavy atom. The SMILES string of the molecule is C/C=C/C(=O)Cc1cccc(OCC#Cc2cc(O)c3nc(C)sc3c2)c1. The van der Waals surface area contributed by atoms with Crippen molar-refractivity contribution in [2.75, 3.05) is 6.61 Å². The Bertz CT molecular complexity index is 1070. The van der Waals surface area contributed by atoms with Crippen LogP contribution in [0.4, 0.5) is 0 Å². The van der Waals surface area contributed by atoms with Crippen molar-refractivity contribution in [2.24, 2.45) is 0 Å². The molecule has 4 nitrogen and oxygen atoms in total. The largest absolute Gasteiger partial charge is 0.506 e. The van der Waals surface area contributed by atoms with Crippen LogP contribution < -0.4 is 4.74 Å². The number of carbonyl (C=O) groups is 1. The number of rotatable bonds is 5. The van der Waals surface area contributed by atoms with E-state index in [1.54, 1.807) is 18.2 Å². The Morgan fingerprint density at radius 2 is 2.19 bits per heavy atom. The normalized spacial score (nSPS) is 10.7. The van der Waals surface area contributed by atoms with Gasteiger partial charge in [-0.25, -0.2) is 4.98 Å². The van der Waals surface area contributed by atoms with Crippen LogP contribution in [-0.2, 0) is 11.2 Å². The molecule has 0 saturated carbocycles. The molecule has 0 spiro atoms. The molecule has 1 N–H and O–H groups in total. The summed E-state index contributed by atoms with van der Waals surface area (Å²) in [5.74, 6) is 6.82. The molecule has 0 amide bonds. The number of ketones is 1. The lowest BCUT2D eigenvalue weighted by atomic mass is 10.1. The number of hydrogen-bond acceptors (Lipinski definition) is 5. The second-order valence-corrected chi connectivity index (χ2v) is 7.19. The van der Waals surface area contributed by atoms with Gasteiger partial charge in [0.1, 0.15) is 23.6 Å². The first kappa shape index (κ1) is 18.7. The molecule has 0 unspecified atom stereocenters. The van der Waals surface area contributed by atoms with E-state index < -0.39 is 0 Å². The van der Waals surface area contributed by atoms with Gasteiger partial charge in [-0.2, -0.15) is 0 Å². The maximum Gasteiger partial charge on any atom is 0.159 e. The molecule has 5 heteroatoms. The molecular formula is C22H19NO3S. The highest BCUT2D eigenvalue weighted by molar-refractivity contribution is 7.18. The molecule has 0 fully saturated rings. The molecule has 0 atom stereocenters. The van der Waals surface area contributed by atoms with Crippen LogP contribution in [0.3, 0.4) is 0 Å². The molecule has 0 aliphatic rings. The van der Waals surface area contributed by atoms with Crippen LogP contribution in [0.2, 0.25) is 0 Å². The van der Waals surface area contributed by atoms with Crippen molar-refractivity contribution >= 4 is 27.3 Å². The molecule has 1 heterocycles. The van der Waals surface area contributed by atoms with Crippen molar-refractivity contribution in [2.45, 2.75) is 20.3 Å². The molecule has 3 aromatic rings. The monoisotopic (exact) mass is 377 g/mol. The molecule has 0 saturated heterocycles. The maximum absolute atomic E-state index is 11.7. The lowest BCUT2D eigenvalue weighted by Gasteiger charge is -2.04. The molecule has 136 valence electrons. The van der Waals surface area contributed by atoms with Crippen molar-refractivity contribution < 1.29 is 14.6 Å². The summed E-state index contributed by atoms with van der Waals surface area (Å²) in [6, 6.07) is 11.0. The minimum Gasteiger partial charge on any atom is -0.506 e. The fraction of sp³-hybridized carbons (Fsp3) is 0.182. The number of carbonyl (C=O) groups excluding carboxylic acids is 1. The number of nitrogens with zero attached hydrogens (tertiary/aromatic N) is 1. The summed E-state index contributed by atoms with van der Waals surface area (Å²) in [4.78, 5) is 16.0. The van der Waals surface area contributed by atoms with Gasteiger partial charge >= 0.3 is 0 Å². The minimum atomic E-state index is 0.0583. The molecule has 1 aromatic heterocycles. The minimum absolute atomic E-state index is 0.0583. The van der Waals surface area contributed by atoms with Crippen LogP contribution in [0.5, 0.6) is 11.5 Å².